The maximum Gasteiger partial charge on any atom is 0.349 e. The van der Waals surface area contributed by atoms with E-state index < -0.39 is 0 Å². The number of nitrogens with zero attached hydrogens (tertiary/aromatic N) is 2. The molecule has 2 aromatic rings. The van der Waals surface area contributed by atoms with Crippen LogP contribution in [0.4, 0.5) is 5.69 Å². The first-order valence-corrected chi connectivity index (χ1v) is 11.9. The van der Waals surface area contributed by atoms with Gasteiger partial charge in [0, 0.05) is 16.9 Å². The number of carbonyl (C=O) groups excluding carboxylic acids is 1. The van der Waals surface area contributed by atoms with E-state index >= 15 is 0 Å². The minimum Gasteiger partial charge on any atom is -0.334 e. The van der Waals surface area contributed by atoms with Crippen molar-refractivity contribution in [1.82, 2.24) is 9.55 Å². The number of rotatable bonds is 9. The summed E-state index contributed by atoms with van der Waals surface area (Å²) in [4.78, 5) is 31.0. The fourth-order valence-corrected chi connectivity index (χ4v) is 5.06. The second-order valence-electron chi connectivity index (χ2n) is 8.05. The molecule has 0 saturated heterocycles. The van der Waals surface area contributed by atoms with Gasteiger partial charge in [-0.3, -0.25) is 9.36 Å². The number of anilines is 1. The highest BCUT2D eigenvalue weighted by Gasteiger charge is 2.23. The SMILES string of the molecule is CC[NH+](CC)CCn1c2c(c(SCC(=O)Nc3cc(C)cc(C)c3)nc1=O)CCC2. The molecule has 6 nitrogen and oxygen atoms in total. The highest BCUT2D eigenvalue weighted by atomic mass is 32.2. The molecule has 0 saturated carbocycles. The second-order valence-corrected chi connectivity index (χ2v) is 9.01. The smallest absolute Gasteiger partial charge is 0.334 e. The first kappa shape index (κ1) is 22.6. The molecule has 7 heteroatoms. The average molecular weight is 430 g/mol. The van der Waals surface area contributed by atoms with Crippen molar-refractivity contribution in [3.63, 3.8) is 0 Å². The van der Waals surface area contributed by atoms with Crippen LogP contribution in [0.3, 0.4) is 0 Å². The molecule has 0 bridgehead atoms. The Balaban J connectivity index is 1.69. The molecule has 0 spiro atoms. The largest absolute Gasteiger partial charge is 0.349 e. The summed E-state index contributed by atoms with van der Waals surface area (Å²) in [5.74, 6) is 0.173. The zero-order valence-corrected chi connectivity index (χ0v) is 19.3. The van der Waals surface area contributed by atoms with Gasteiger partial charge in [0.15, 0.2) is 0 Å². The van der Waals surface area contributed by atoms with Gasteiger partial charge in [0.2, 0.25) is 5.91 Å². The zero-order chi connectivity index (χ0) is 21.7. The molecule has 1 aromatic heterocycles. The third-order valence-corrected chi connectivity index (χ3v) is 6.75. The van der Waals surface area contributed by atoms with Crippen molar-refractivity contribution in [3.8, 4) is 0 Å². The van der Waals surface area contributed by atoms with E-state index in [1.807, 2.05) is 30.5 Å². The van der Waals surface area contributed by atoms with Gasteiger partial charge in [-0.2, -0.15) is 4.98 Å². The number of fused-ring (bicyclic) bond motifs is 1. The van der Waals surface area contributed by atoms with Crippen molar-refractivity contribution in [2.45, 2.75) is 58.5 Å². The lowest BCUT2D eigenvalue weighted by Crippen LogP contribution is -3.11. The lowest BCUT2D eigenvalue weighted by Gasteiger charge is -2.18. The summed E-state index contributed by atoms with van der Waals surface area (Å²) in [7, 11) is 0. The fourth-order valence-electron chi connectivity index (χ4n) is 4.19. The molecular weight excluding hydrogens is 396 g/mol. The van der Waals surface area contributed by atoms with E-state index in [-0.39, 0.29) is 17.3 Å². The minimum atomic E-state index is -0.181. The Morgan fingerprint density at radius 3 is 2.53 bits per heavy atom. The Morgan fingerprint density at radius 2 is 1.87 bits per heavy atom. The van der Waals surface area contributed by atoms with E-state index in [0.29, 0.717) is 6.54 Å². The molecule has 1 aromatic carbocycles. The van der Waals surface area contributed by atoms with E-state index in [9.17, 15) is 9.59 Å². The van der Waals surface area contributed by atoms with Crippen molar-refractivity contribution in [2.24, 2.45) is 0 Å². The summed E-state index contributed by atoms with van der Waals surface area (Å²) in [6.07, 6.45) is 2.89. The number of aromatic nitrogens is 2. The fraction of sp³-hybridized carbons (Fsp3) is 0.522. The number of nitrogens with one attached hydrogen (secondary N) is 2. The third kappa shape index (κ3) is 5.52. The molecule has 1 amide bonds. The Labute approximate surface area is 183 Å². The van der Waals surface area contributed by atoms with Crippen molar-refractivity contribution < 1.29 is 9.69 Å². The highest BCUT2D eigenvalue weighted by molar-refractivity contribution is 8.00. The van der Waals surface area contributed by atoms with E-state index in [1.165, 1.54) is 16.7 Å². The Morgan fingerprint density at radius 1 is 1.17 bits per heavy atom. The molecule has 2 N–H and O–H groups in total. The van der Waals surface area contributed by atoms with Crippen LogP contribution >= 0.6 is 11.8 Å². The lowest BCUT2D eigenvalue weighted by molar-refractivity contribution is -0.897. The first-order valence-electron chi connectivity index (χ1n) is 10.9. The monoisotopic (exact) mass is 429 g/mol. The Hall–Kier alpha value is -2.12. The first-order chi connectivity index (χ1) is 14.4. The van der Waals surface area contributed by atoms with Crippen LogP contribution in [0, 0.1) is 13.8 Å². The van der Waals surface area contributed by atoms with Crippen molar-refractivity contribution in [1.29, 1.82) is 0 Å². The molecule has 0 radical (unpaired) electrons. The summed E-state index contributed by atoms with van der Waals surface area (Å²) >= 11 is 1.38. The Bertz CT molecular complexity index is 946. The van der Waals surface area contributed by atoms with Gasteiger partial charge in [0.25, 0.3) is 0 Å². The molecule has 0 unspecified atom stereocenters. The van der Waals surface area contributed by atoms with Crippen LogP contribution in [0.25, 0.3) is 0 Å². The number of quaternary nitrogens is 1. The van der Waals surface area contributed by atoms with Gasteiger partial charge in [-0.15, -0.1) is 0 Å². The number of amides is 1. The van der Waals surface area contributed by atoms with Crippen molar-refractivity contribution in [2.75, 3.05) is 30.7 Å². The summed E-state index contributed by atoms with van der Waals surface area (Å²) in [5, 5.41) is 3.69. The van der Waals surface area contributed by atoms with Gasteiger partial charge < -0.3 is 10.2 Å². The molecular formula is C23H33N4O2S+. The van der Waals surface area contributed by atoms with Crippen LogP contribution in [0.5, 0.6) is 0 Å². The molecule has 0 atom stereocenters. The van der Waals surface area contributed by atoms with Gasteiger partial charge >= 0.3 is 5.69 Å². The summed E-state index contributed by atoms with van der Waals surface area (Å²) in [6.45, 7) is 12.1. The van der Waals surface area contributed by atoms with Crippen LogP contribution in [0.2, 0.25) is 0 Å². The molecule has 1 aliphatic carbocycles. The number of hydrogen-bond donors (Lipinski definition) is 2. The molecule has 30 heavy (non-hydrogen) atoms. The maximum absolute atomic E-state index is 12.7. The normalized spacial score (nSPS) is 13.0. The predicted octanol–water partition coefficient (Wildman–Crippen LogP) is 2.00. The molecule has 162 valence electrons. The number of aryl methyl sites for hydroxylation is 2. The number of likely N-dealkylation sites (N-methyl/N-ethyl adjacent to an activating group) is 1. The number of hydrogen-bond acceptors (Lipinski definition) is 4. The predicted molar refractivity (Wildman–Crippen MR) is 123 cm³/mol. The van der Waals surface area contributed by atoms with Crippen LogP contribution in [0.1, 0.15) is 42.7 Å². The standard InChI is InChI=1S/C23H32N4O2S/c1-5-26(6-2)10-11-27-20-9-7-8-19(20)22(25-23(27)29)30-15-21(28)24-18-13-16(3)12-17(4)14-18/h12-14H,5-11,15H2,1-4H3,(H,24,28)/p+1. The van der Waals surface area contributed by atoms with E-state index in [4.69, 9.17) is 0 Å². The average Bonchev–Trinajstić information content (AvgIpc) is 3.17. The topological polar surface area (TPSA) is 68.4 Å². The van der Waals surface area contributed by atoms with Crippen LogP contribution in [-0.4, -0.2) is 40.8 Å². The van der Waals surface area contributed by atoms with Gasteiger partial charge in [-0.1, -0.05) is 17.8 Å². The van der Waals surface area contributed by atoms with Gasteiger partial charge in [0.05, 0.1) is 31.9 Å². The van der Waals surface area contributed by atoms with Crippen LogP contribution in [-0.2, 0) is 24.2 Å². The third-order valence-electron chi connectivity index (χ3n) is 5.74. The molecule has 0 aliphatic heterocycles. The number of thioether (sulfide) groups is 1. The molecule has 0 fully saturated rings. The van der Waals surface area contributed by atoms with Gasteiger partial charge in [0.1, 0.15) is 5.03 Å². The molecule has 1 heterocycles. The van der Waals surface area contributed by atoms with E-state index in [1.54, 1.807) is 0 Å². The zero-order valence-electron chi connectivity index (χ0n) is 18.5. The maximum atomic E-state index is 12.7. The summed E-state index contributed by atoms with van der Waals surface area (Å²) in [6, 6.07) is 6.00. The quantitative estimate of drug-likeness (QED) is 0.473. The van der Waals surface area contributed by atoms with Crippen molar-refractivity contribution in [3.05, 3.63) is 51.1 Å². The second kappa shape index (κ2) is 10.3. The number of carbonyl (C=O) groups is 1. The van der Waals surface area contributed by atoms with Crippen LogP contribution < -0.4 is 15.9 Å². The highest BCUT2D eigenvalue weighted by Crippen LogP contribution is 2.29. The lowest BCUT2D eigenvalue weighted by atomic mass is 10.1. The minimum absolute atomic E-state index is 0.0761. The van der Waals surface area contributed by atoms with E-state index in [0.717, 1.165) is 72.0 Å². The van der Waals surface area contributed by atoms with Crippen LogP contribution in [0.15, 0.2) is 28.0 Å². The van der Waals surface area contributed by atoms with Gasteiger partial charge in [-0.25, -0.2) is 4.79 Å². The summed E-state index contributed by atoms with van der Waals surface area (Å²) < 4.78 is 1.87. The molecule has 3 rings (SSSR count). The van der Waals surface area contributed by atoms with E-state index in [2.05, 4.69) is 30.2 Å². The molecule has 1 aliphatic rings. The Kier molecular flexibility index (Phi) is 7.72. The van der Waals surface area contributed by atoms with Crippen molar-refractivity contribution >= 4 is 23.4 Å². The number of benzene rings is 1. The summed E-state index contributed by atoms with van der Waals surface area (Å²) in [5.41, 5.74) is 5.15. The van der Waals surface area contributed by atoms with Gasteiger partial charge in [-0.05, 0) is 70.2 Å².